The summed E-state index contributed by atoms with van der Waals surface area (Å²) in [6.07, 6.45) is 2.81. The third-order valence-corrected chi connectivity index (χ3v) is 1.41. The molecule has 3 heteroatoms. The number of phenolic OH excluding ortho intramolecular Hbond substituents is 1. The summed E-state index contributed by atoms with van der Waals surface area (Å²) in [5.41, 5.74) is 0.268. The van der Waals surface area contributed by atoms with Crippen LogP contribution in [0.25, 0.3) is 6.08 Å². The molecule has 0 fully saturated rings. The van der Waals surface area contributed by atoms with Crippen LogP contribution in [-0.4, -0.2) is 16.8 Å². The van der Waals surface area contributed by atoms with Gasteiger partial charge in [-0.3, -0.25) is 0 Å². The number of hydrogen-bond acceptors (Lipinski definition) is 2. The normalized spacial score (nSPS) is 10.8. The lowest BCUT2D eigenvalue weighted by Gasteiger charge is -1.97. The zero-order chi connectivity index (χ0) is 8.97. The summed E-state index contributed by atoms with van der Waals surface area (Å²) in [4.78, 5) is 0. The lowest BCUT2D eigenvalue weighted by atomic mass is 10.2. The van der Waals surface area contributed by atoms with Gasteiger partial charge in [-0.25, -0.2) is 4.39 Å². The summed E-state index contributed by atoms with van der Waals surface area (Å²) < 4.78 is 12.9. The quantitative estimate of drug-likeness (QED) is 0.703. The Morgan fingerprint density at radius 1 is 1.42 bits per heavy atom. The minimum absolute atomic E-state index is 0.144. The molecule has 1 aromatic carbocycles. The van der Waals surface area contributed by atoms with Crippen molar-refractivity contribution in [2.24, 2.45) is 0 Å². The smallest absolute Gasteiger partial charge is 0.171 e. The van der Waals surface area contributed by atoms with Gasteiger partial charge in [0.05, 0.1) is 6.61 Å². The van der Waals surface area contributed by atoms with Crippen molar-refractivity contribution in [3.63, 3.8) is 0 Å². The molecule has 0 atom stereocenters. The van der Waals surface area contributed by atoms with Crippen LogP contribution in [0.3, 0.4) is 0 Å². The lowest BCUT2D eigenvalue weighted by Crippen LogP contribution is -1.82. The van der Waals surface area contributed by atoms with Crippen molar-refractivity contribution in [2.75, 3.05) is 6.61 Å². The molecule has 0 aliphatic rings. The molecule has 0 saturated carbocycles. The van der Waals surface area contributed by atoms with Crippen LogP contribution in [0.1, 0.15) is 5.56 Å². The van der Waals surface area contributed by atoms with E-state index in [0.29, 0.717) is 0 Å². The first-order chi connectivity index (χ1) is 5.75. The van der Waals surface area contributed by atoms with Gasteiger partial charge in [0.15, 0.2) is 11.6 Å². The van der Waals surface area contributed by atoms with Crippen LogP contribution in [0.15, 0.2) is 24.3 Å². The van der Waals surface area contributed by atoms with E-state index in [0.717, 1.165) is 0 Å². The zero-order valence-electron chi connectivity index (χ0n) is 6.37. The molecule has 0 bridgehead atoms. The van der Waals surface area contributed by atoms with Gasteiger partial charge in [0.25, 0.3) is 0 Å². The first kappa shape index (κ1) is 8.74. The standard InChI is InChI=1S/C9H9FO2/c10-9-7(4-2-6-11)3-1-5-8(9)12/h1-5,11-12H,6H2. The number of rotatable bonds is 2. The summed E-state index contributed by atoms with van der Waals surface area (Å²) in [6.45, 7) is -0.144. The van der Waals surface area contributed by atoms with Gasteiger partial charge in [-0.2, -0.15) is 0 Å². The van der Waals surface area contributed by atoms with Crippen molar-refractivity contribution in [1.82, 2.24) is 0 Å². The van der Waals surface area contributed by atoms with Gasteiger partial charge >= 0.3 is 0 Å². The Balaban J connectivity index is 3.00. The summed E-state index contributed by atoms with van der Waals surface area (Å²) in [5.74, 6) is -1.04. The third kappa shape index (κ3) is 1.83. The van der Waals surface area contributed by atoms with E-state index < -0.39 is 5.82 Å². The van der Waals surface area contributed by atoms with Crippen LogP contribution in [0.4, 0.5) is 4.39 Å². The van der Waals surface area contributed by atoms with Crippen LogP contribution in [0.2, 0.25) is 0 Å². The van der Waals surface area contributed by atoms with Gasteiger partial charge in [-0.1, -0.05) is 24.3 Å². The Kier molecular flexibility index (Phi) is 2.82. The molecule has 1 rings (SSSR count). The second-order valence-corrected chi connectivity index (χ2v) is 2.27. The largest absolute Gasteiger partial charge is 0.505 e. The fraction of sp³-hybridized carbons (Fsp3) is 0.111. The molecular weight excluding hydrogens is 159 g/mol. The van der Waals surface area contributed by atoms with E-state index in [1.54, 1.807) is 0 Å². The van der Waals surface area contributed by atoms with Crippen LogP contribution < -0.4 is 0 Å². The highest BCUT2D eigenvalue weighted by Crippen LogP contribution is 2.19. The first-order valence-corrected chi connectivity index (χ1v) is 3.50. The number of aliphatic hydroxyl groups excluding tert-OH is 1. The molecule has 0 radical (unpaired) electrons. The Labute approximate surface area is 69.6 Å². The van der Waals surface area contributed by atoms with E-state index in [1.807, 2.05) is 0 Å². The topological polar surface area (TPSA) is 40.5 Å². The molecule has 12 heavy (non-hydrogen) atoms. The second kappa shape index (κ2) is 3.88. The molecule has 0 saturated heterocycles. The summed E-state index contributed by atoms with van der Waals surface area (Å²) in [7, 11) is 0. The number of hydrogen-bond donors (Lipinski definition) is 2. The molecule has 0 aliphatic carbocycles. The highest BCUT2D eigenvalue weighted by atomic mass is 19.1. The van der Waals surface area contributed by atoms with Crippen molar-refractivity contribution in [3.05, 3.63) is 35.7 Å². The number of phenols is 1. The zero-order valence-corrected chi connectivity index (χ0v) is 6.37. The maximum Gasteiger partial charge on any atom is 0.171 e. The van der Waals surface area contributed by atoms with E-state index in [4.69, 9.17) is 10.2 Å². The highest BCUT2D eigenvalue weighted by molar-refractivity contribution is 5.52. The Morgan fingerprint density at radius 3 is 2.83 bits per heavy atom. The average molecular weight is 168 g/mol. The van der Waals surface area contributed by atoms with Gasteiger partial charge in [0.2, 0.25) is 0 Å². The number of benzene rings is 1. The fourth-order valence-electron chi connectivity index (χ4n) is 0.846. The van der Waals surface area contributed by atoms with Crippen LogP contribution in [0, 0.1) is 5.82 Å². The van der Waals surface area contributed by atoms with Crippen molar-refractivity contribution in [3.8, 4) is 5.75 Å². The van der Waals surface area contributed by atoms with Crippen molar-refractivity contribution < 1.29 is 14.6 Å². The van der Waals surface area contributed by atoms with E-state index in [1.165, 1.54) is 30.4 Å². The fourth-order valence-corrected chi connectivity index (χ4v) is 0.846. The van der Waals surface area contributed by atoms with Gasteiger partial charge in [0.1, 0.15) is 0 Å². The molecular formula is C9H9FO2. The van der Waals surface area contributed by atoms with Gasteiger partial charge < -0.3 is 10.2 Å². The summed E-state index contributed by atoms with van der Waals surface area (Å²) >= 11 is 0. The van der Waals surface area contributed by atoms with Crippen LogP contribution >= 0.6 is 0 Å². The monoisotopic (exact) mass is 168 g/mol. The third-order valence-electron chi connectivity index (χ3n) is 1.41. The molecule has 0 unspecified atom stereocenters. The second-order valence-electron chi connectivity index (χ2n) is 2.27. The van der Waals surface area contributed by atoms with Gasteiger partial charge in [0, 0.05) is 5.56 Å². The molecule has 2 N–H and O–H groups in total. The Hall–Kier alpha value is -1.35. The number of aliphatic hydroxyl groups is 1. The van der Waals surface area contributed by atoms with Crippen LogP contribution in [-0.2, 0) is 0 Å². The molecule has 0 amide bonds. The molecule has 64 valence electrons. The Bertz CT molecular complexity index is 295. The molecule has 0 heterocycles. The predicted octanol–water partition coefficient (Wildman–Crippen LogP) is 1.54. The number of aromatic hydroxyl groups is 1. The number of halogens is 1. The Morgan fingerprint density at radius 2 is 2.17 bits per heavy atom. The SMILES string of the molecule is OCC=Cc1cccc(O)c1F. The van der Waals surface area contributed by atoms with E-state index in [-0.39, 0.29) is 17.9 Å². The molecule has 0 spiro atoms. The van der Waals surface area contributed by atoms with Crippen LogP contribution in [0.5, 0.6) is 5.75 Å². The van der Waals surface area contributed by atoms with Gasteiger partial charge in [-0.15, -0.1) is 0 Å². The van der Waals surface area contributed by atoms with Crippen molar-refractivity contribution in [2.45, 2.75) is 0 Å². The van der Waals surface area contributed by atoms with Gasteiger partial charge in [-0.05, 0) is 6.07 Å². The molecule has 2 nitrogen and oxygen atoms in total. The molecule has 0 aromatic heterocycles. The molecule has 1 aromatic rings. The lowest BCUT2D eigenvalue weighted by molar-refractivity contribution is 0.343. The van der Waals surface area contributed by atoms with E-state index >= 15 is 0 Å². The highest BCUT2D eigenvalue weighted by Gasteiger charge is 2.02. The minimum atomic E-state index is -0.665. The summed E-state index contributed by atoms with van der Waals surface area (Å²) in [6, 6.07) is 4.32. The van der Waals surface area contributed by atoms with E-state index in [2.05, 4.69) is 0 Å². The van der Waals surface area contributed by atoms with Crippen molar-refractivity contribution in [1.29, 1.82) is 0 Å². The summed E-state index contributed by atoms with van der Waals surface area (Å²) in [5, 5.41) is 17.3. The predicted molar refractivity (Wildman–Crippen MR) is 44.2 cm³/mol. The maximum absolute atomic E-state index is 12.9. The molecule has 0 aliphatic heterocycles. The maximum atomic E-state index is 12.9. The first-order valence-electron chi connectivity index (χ1n) is 3.50. The average Bonchev–Trinajstić information content (AvgIpc) is 2.08. The van der Waals surface area contributed by atoms with E-state index in [9.17, 15) is 4.39 Å². The van der Waals surface area contributed by atoms with Crippen molar-refractivity contribution >= 4 is 6.08 Å². The minimum Gasteiger partial charge on any atom is -0.505 e.